The van der Waals surface area contributed by atoms with E-state index in [2.05, 4.69) is 25.5 Å². The maximum atomic E-state index is 12.3. The second-order valence-corrected chi connectivity index (χ2v) is 5.79. The molecular weight excluding hydrogens is 332 g/mol. The lowest BCUT2D eigenvalue weighted by Gasteiger charge is -2.26. The maximum absolute atomic E-state index is 12.3. The average Bonchev–Trinajstić information content (AvgIpc) is 2.70. The van der Waals surface area contributed by atoms with Gasteiger partial charge in [0.05, 0.1) is 30.0 Å². The highest BCUT2D eigenvalue weighted by Gasteiger charge is 2.11. The number of nitrogens with one attached hydrogen (secondary N) is 2. The van der Waals surface area contributed by atoms with Gasteiger partial charge in [-0.1, -0.05) is 12.1 Å². The second kappa shape index (κ2) is 8.89. The van der Waals surface area contributed by atoms with E-state index >= 15 is 0 Å². The number of para-hydroxylation sites is 1. The van der Waals surface area contributed by atoms with E-state index in [9.17, 15) is 4.79 Å². The summed E-state index contributed by atoms with van der Waals surface area (Å²) < 4.78 is 5.31. The first-order valence-corrected chi connectivity index (χ1v) is 8.43. The van der Waals surface area contributed by atoms with Crippen LogP contribution in [0.5, 0.6) is 0 Å². The molecule has 1 aliphatic rings. The Balaban J connectivity index is 1.52. The molecule has 0 bridgehead atoms. The van der Waals surface area contributed by atoms with Crippen molar-refractivity contribution in [3.05, 3.63) is 47.8 Å². The minimum atomic E-state index is -0.354. The first-order valence-electron chi connectivity index (χ1n) is 8.43. The van der Waals surface area contributed by atoms with Gasteiger partial charge in [0.2, 0.25) is 5.95 Å². The molecule has 1 aromatic carbocycles. The highest BCUT2D eigenvalue weighted by atomic mass is 16.5. The zero-order chi connectivity index (χ0) is 18.2. The molecule has 1 saturated heterocycles. The van der Waals surface area contributed by atoms with Gasteiger partial charge in [0.25, 0.3) is 5.91 Å². The average molecular weight is 352 g/mol. The molecule has 0 aliphatic carbocycles. The van der Waals surface area contributed by atoms with Crippen LogP contribution in [0.1, 0.15) is 15.9 Å². The van der Waals surface area contributed by atoms with Gasteiger partial charge in [-0.05, 0) is 12.1 Å². The van der Waals surface area contributed by atoms with E-state index in [1.807, 2.05) is 6.07 Å². The topological polar surface area (TPSA) is 103 Å². The van der Waals surface area contributed by atoms with E-state index in [-0.39, 0.29) is 5.91 Å². The number of hydrogen-bond donors (Lipinski definition) is 2. The van der Waals surface area contributed by atoms with Crippen molar-refractivity contribution in [2.45, 2.75) is 0 Å². The molecule has 0 saturated carbocycles. The number of benzene rings is 1. The van der Waals surface area contributed by atoms with Gasteiger partial charge in [-0.25, -0.2) is 9.97 Å². The fourth-order valence-electron chi connectivity index (χ4n) is 2.57. The quantitative estimate of drug-likeness (QED) is 0.809. The summed E-state index contributed by atoms with van der Waals surface area (Å²) in [4.78, 5) is 22.9. The summed E-state index contributed by atoms with van der Waals surface area (Å²) in [7, 11) is 0. The van der Waals surface area contributed by atoms with Gasteiger partial charge in [0.15, 0.2) is 0 Å². The minimum absolute atomic E-state index is 0.330. The lowest BCUT2D eigenvalue weighted by atomic mass is 10.2. The monoisotopic (exact) mass is 352 g/mol. The van der Waals surface area contributed by atoms with Crippen LogP contribution >= 0.6 is 0 Å². The summed E-state index contributed by atoms with van der Waals surface area (Å²) in [5.74, 6) is 0.125. The Labute approximate surface area is 151 Å². The smallest absolute Gasteiger partial charge is 0.258 e. The third kappa shape index (κ3) is 4.75. The van der Waals surface area contributed by atoms with Crippen LogP contribution in [-0.2, 0) is 4.74 Å². The Morgan fingerprint density at radius 2 is 1.96 bits per heavy atom. The predicted molar refractivity (Wildman–Crippen MR) is 96.9 cm³/mol. The van der Waals surface area contributed by atoms with Gasteiger partial charge in [-0.15, -0.1) is 0 Å². The van der Waals surface area contributed by atoms with Gasteiger partial charge < -0.3 is 15.4 Å². The Bertz CT molecular complexity index is 781. The molecule has 1 aromatic heterocycles. The lowest BCUT2D eigenvalue weighted by molar-refractivity contribution is 0.0398. The van der Waals surface area contributed by atoms with Crippen molar-refractivity contribution >= 4 is 17.5 Å². The molecule has 3 rings (SSSR count). The second-order valence-electron chi connectivity index (χ2n) is 5.79. The van der Waals surface area contributed by atoms with Crippen molar-refractivity contribution in [3.8, 4) is 6.07 Å². The number of nitriles is 1. The molecule has 2 N–H and O–H groups in total. The van der Waals surface area contributed by atoms with Crippen molar-refractivity contribution < 1.29 is 9.53 Å². The van der Waals surface area contributed by atoms with E-state index < -0.39 is 0 Å². The normalized spacial score (nSPS) is 14.4. The SMILES string of the molecule is N#Cc1ccccc1NC(=O)c1cnc(NCCN2CCOCC2)nc1. The van der Waals surface area contributed by atoms with E-state index in [1.54, 1.807) is 24.3 Å². The van der Waals surface area contributed by atoms with Crippen molar-refractivity contribution in [3.63, 3.8) is 0 Å². The Kier molecular flexibility index (Phi) is 6.09. The van der Waals surface area contributed by atoms with Crippen LogP contribution in [0, 0.1) is 11.3 Å². The molecule has 1 amide bonds. The van der Waals surface area contributed by atoms with E-state index in [0.29, 0.717) is 22.8 Å². The number of aromatic nitrogens is 2. The van der Waals surface area contributed by atoms with Crippen molar-refractivity contribution in [2.75, 3.05) is 50.0 Å². The van der Waals surface area contributed by atoms with Gasteiger partial charge in [0.1, 0.15) is 6.07 Å². The molecule has 8 nitrogen and oxygen atoms in total. The molecule has 1 aliphatic heterocycles. The Morgan fingerprint density at radius 3 is 2.69 bits per heavy atom. The third-order valence-corrected chi connectivity index (χ3v) is 4.02. The van der Waals surface area contributed by atoms with Gasteiger partial charge in [-0.2, -0.15) is 5.26 Å². The first-order chi connectivity index (χ1) is 12.8. The molecule has 0 spiro atoms. The largest absolute Gasteiger partial charge is 0.379 e. The number of nitrogens with zero attached hydrogens (tertiary/aromatic N) is 4. The number of rotatable bonds is 6. The van der Waals surface area contributed by atoms with Crippen LogP contribution in [0.3, 0.4) is 0 Å². The molecule has 134 valence electrons. The van der Waals surface area contributed by atoms with Crippen molar-refractivity contribution in [2.24, 2.45) is 0 Å². The molecule has 8 heteroatoms. The zero-order valence-electron chi connectivity index (χ0n) is 14.3. The third-order valence-electron chi connectivity index (χ3n) is 4.02. The fourth-order valence-corrected chi connectivity index (χ4v) is 2.57. The molecular formula is C18H20N6O2. The number of carbonyl (C=O) groups excluding carboxylic acids is 1. The number of amides is 1. The van der Waals surface area contributed by atoms with Crippen LogP contribution in [0.4, 0.5) is 11.6 Å². The number of ether oxygens (including phenoxy) is 1. The highest BCUT2D eigenvalue weighted by molar-refractivity contribution is 6.04. The van der Waals surface area contributed by atoms with E-state index in [0.717, 1.165) is 39.4 Å². The summed E-state index contributed by atoms with van der Waals surface area (Å²) in [6, 6.07) is 8.87. The van der Waals surface area contributed by atoms with E-state index in [4.69, 9.17) is 10.00 Å². The fraction of sp³-hybridized carbons (Fsp3) is 0.333. The number of carbonyl (C=O) groups is 1. The standard InChI is InChI=1S/C18H20N6O2/c19-11-14-3-1-2-4-16(14)23-17(25)15-12-21-18(22-13-15)20-5-6-24-7-9-26-10-8-24/h1-4,12-13H,5-10H2,(H,23,25)(H,20,21,22). The summed E-state index contributed by atoms with van der Waals surface area (Å²) in [6.45, 7) is 5.03. The maximum Gasteiger partial charge on any atom is 0.258 e. The molecule has 2 heterocycles. The summed E-state index contributed by atoms with van der Waals surface area (Å²) in [5.41, 5.74) is 1.20. The predicted octanol–water partition coefficient (Wildman–Crippen LogP) is 1.34. The van der Waals surface area contributed by atoms with Gasteiger partial charge in [-0.3, -0.25) is 9.69 Å². The summed E-state index contributed by atoms with van der Waals surface area (Å²) in [6.07, 6.45) is 2.93. The highest BCUT2D eigenvalue weighted by Crippen LogP contribution is 2.14. The number of morpholine rings is 1. The first kappa shape index (κ1) is 17.8. The van der Waals surface area contributed by atoms with Crippen molar-refractivity contribution in [1.29, 1.82) is 5.26 Å². The van der Waals surface area contributed by atoms with Gasteiger partial charge >= 0.3 is 0 Å². The Hall–Kier alpha value is -3.02. The van der Waals surface area contributed by atoms with Gasteiger partial charge in [0, 0.05) is 38.6 Å². The van der Waals surface area contributed by atoms with Crippen LogP contribution in [0.2, 0.25) is 0 Å². The number of anilines is 2. The molecule has 0 atom stereocenters. The number of hydrogen-bond acceptors (Lipinski definition) is 7. The summed E-state index contributed by atoms with van der Waals surface area (Å²) in [5, 5.41) is 14.9. The minimum Gasteiger partial charge on any atom is -0.379 e. The zero-order valence-corrected chi connectivity index (χ0v) is 14.3. The van der Waals surface area contributed by atoms with Crippen LogP contribution in [0.25, 0.3) is 0 Å². The van der Waals surface area contributed by atoms with Crippen molar-refractivity contribution in [1.82, 2.24) is 14.9 Å². The van der Waals surface area contributed by atoms with E-state index in [1.165, 1.54) is 12.4 Å². The van der Waals surface area contributed by atoms with Crippen LogP contribution in [-0.4, -0.2) is 60.2 Å². The molecule has 2 aromatic rings. The molecule has 26 heavy (non-hydrogen) atoms. The Morgan fingerprint density at radius 1 is 1.23 bits per heavy atom. The molecule has 0 unspecified atom stereocenters. The lowest BCUT2D eigenvalue weighted by Crippen LogP contribution is -2.39. The molecule has 0 radical (unpaired) electrons. The van der Waals surface area contributed by atoms with Crippen LogP contribution in [0.15, 0.2) is 36.7 Å². The van der Waals surface area contributed by atoms with Crippen LogP contribution < -0.4 is 10.6 Å². The molecule has 1 fully saturated rings. The summed E-state index contributed by atoms with van der Waals surface area (Å²) >= 11 is 0.